The Balaban J connectivity index is 2.23. The number of carbonyl (C=O) groups excluding carboxylic acids is 1. The van der Waals surface area contributed by atoms with Gasteiger partial charge in [0.2, 0.25) is 0 Å². The third-order valence-corrected chi connectivity index (χ3v) is 4.72. The van der Waals surface area contributed by atoms with Gasteiger partial charge in [-0.15, -0.1) is 11.3 Å². The second-order valence-corrected chi connectivity index (χ2v) is 6.42. The van der Waals surface area contributed by atoms with Crippen molar-refractivity contribution >= 4 is 50.5 Å². The van der Waals surface area contributed by atoms with Gasteiger partial charge in [0.1, 0.15) is 5.82 Å². The molecule has 2 aromatic rings. The molecule has 0 bridgehead atoms. The molecule has 2 rings (SSSR count). The van der Waals surface area contributed by atoms with Crippen LogP contribution in [0.25, 0.3) is 0 Å². The van der Waals surface area contributed by atoms with Crippen molar-refractivity contribution in [2.45, 2.75) is 6.92 Å². The quantitative estimate of drug-likeness (QED) is 0.824. The molecule has 1 N–H and O–H groups in total. The fraction of sp³-hybridized carbons (Fsp3) is 0.0833. The summed E-state index contributed by atoms with van der Waals surface area (Å²) in [7, 11) is 0. The van der Waals surface area contributed by atoms with Crippen molar-refractivity contribution in [3.05, 3.63) is 49.3 Å². The first-order chi connectivity index (χ1) is 8.47. The number of rotatable bonds is 2. The van der Waals surface area contributed by atoms with Crippen LogP contribution in [0.1, 0.15) is 15.2 Å². The number of hydrogen-bond acceptors (Lipinski definition) is 2. The average molecular weight is 349 g/mol. The number of carbonyl (C=O) groups is 1. The number of hydrogen-bond donors (Lipinski definition) is 1. The normalized spacial score (nSPS) is 10.4. The Hall–Kier alpha value is -0.910. The van der Waals surface area contributed by atoms with Gasteiger partial charge >= 0.3 is 0 Å². The van der Waals surface area contributed by atoms with Crippen molar-refractivity contribution in [1.82, 2.24) is 0 Å². The summed E-state index contributed by atoms with van der Waals surface area (Å²) in [5.74, 6) is -0.750. The SMILES string of the molecule is Cc1cc(C(=O)Nc2cc(F)ccc2Cl)sc1Br. The molecule has 1 amide bonds. The minimum atomic E-state index is -0.446. The van der Waals surface area contributed by atoms with Gasteiger partial charge in [-0.3, -0.25) is 4.79 Å². The van der Waals surface area contributed by atoms with E-state index in [1.165, 1.54) is 29.5 Å². The van der Waals surface area contributed by atoms with Crippen molar-refractivity contribution in [2.24, 2.45) is 0 Å². The fourth-order valence-electron chi connectivity index (χ4n) is 1.35. The van der Waals surface area contributed by atoms with Crippen LogP contribution in [0.4, 0.5) is 10.1 Å². The predicted octanol–water partition coefficient (Wildman–Crippen LogP) is 4.86. The first kappa shape index (κ1) is 13.5. The third-order valence-electron chi connectivity index (χ3n) is 2.26. The van der Waals surface area contributed by atoms with E-state index in [2.05, 4.69) is 21.2 Å². The second kappa shape index (κ2) is 5.38. The van der Waals surface area contributed by atoms with Crippen LogP contribution < -0.4 is 5.32 Å². The lowest BCUT2D eigenvalue weighted by molar-refractivity contribution is 0.103. The molecule has 0 aliphatic rings. The molecule has 1 heterocycles. The van der Waals surface area contributed by atoms with E-state index in [0.717, 1.165) is 9.35 Å². The molecule has 2 nitrogen and oxygen atoms in total. The minimum Gasteiger partial charge on any atom is -0.320 e. The van der Waals surface area contributed by atoms with E-state index in [1.807, 2.05) is 6.92 Å². The van der Waals surface area contributed by atoms with Crippen molar-refractivity contribution in [3.63, 3.8) is 0 Å². The molecule has 0 fully saturated rings. The van der Waals surface area contributed by atoms with Crippen LogP contribution in [0, 0.1) is 12.7 Å². The molecule has 0 unspecified atom stereocenters. The average Bonchev–Trinajstić information content (AvgIpc) is 2.64. The Labute approximate surface area is 121 Å². The molecule has 0 atom stereocenters. The molecule has 0 aliphatic heterocycles. The Morgan fingerprint density at radius 3 is 2.78 bits per heavy atom. The van der Waals surface area contributed by atoms with Crippen LogP contribution in [0.2, 0.25) is 5.02 Å². The van der Waals surface area contributed by atoms with Crippen molar-refractivity contribution in [1.29, 1.82) is 0 Å². The van der Waals surface area contributed by atoms with E-state index in [4.69, 9.17) is 11.6 Å². The van der Waals surface area contributed by atoms with Gasteiger partial charge in [-0.2, -0.15) is 0 Å². The Morgan fingerprint density at radius 2 is 2.17 bits per heavy atom. The maximum Gasteiger partial charge on any atom is 0.265 e. The highest BCUT2D eigenvalue weighted by Gasteiger charge is 2.13. The monoisotopic (exact) mass is 347 g/mol. The number of nitrogens with one attached hydrogen (secondary N) is 1. The molecule has 94 valence electrons. The number of anilines is 1. The molecule has 1 aromatic carbocycles. The van der Waals surface area contributed by atoms with Gasteiger partial charge < -0.3 is 5.32 Å². The molecule has 0 aliphatic carbocycles. The van der Waals surface area contributed by atoms with Gasteiger partial charge in [0.25, 0.3) is 5.91 Å². The summed E-state index contributed by atoms with van der Waals surface area (Å²) in [6.45, 7) is 1.90. The van der Waals surface area contributed by atoms with Gasteiger partial charge in [-0.1, -0.05) is 11.6 Å². The summed E-state index contributed by atoms with van der Waals surface area (Å²) in [5.41, 5.74) is 1.25. The van der Waals surface area contributed by atoms with E-state index in [0.29, 0.717) is 9.90 Å². The Kier molecular flexibility index (Phi) is 4.04. The summed E-state index contributed by atoms with van der Waals surface area (Å²) in [5, 5.41) is 2.89. The molecule has 6 heteroatoms. The molecule has 0 saturated carbocycles. The zero-order chi connectivity index (χ0) is 13.3. The van der Waals surface area contributed by atoms with Gasteiger partial charge in [0, 0.05) is 0 Å². The number of amides is 1. The van der Waals surface area contributed by atoms with Crippen molar-refractivity contribution in [3.8, 4) is 0 Å². The molecule has 1 aromatic heterocycles. The summed E-state index contributed by atoms with van der Waals surface area (Å²) in [6.07, 6.45) is 0. The summed E-state index contributed by atoms with van der Waals surface area (Å²) >= 11 is 10.5. The van der Waals surface area contributed by atoms with Crippen LogP contribution in [-0.2, 0) is 0 Å². The summed E-state index contributed by atoms with van der Waals surface area (Å²) in [6, 6.07) is 5.60. The molecule has 0 radical (unpaired) electrons. The van der Waals surface area contributed by atoms with Crippen molar-refractivity contribution < 1.29 is 9.18 Å². The lowest BCUT2D eigenvalue weighted by Crippen LogP contribution is -2.10. The molecular weight excluding hydrogens is 341 g/mol. The minimum absolute atomic E-state index is 0.267. The zero-order valence-corrected chi connectivity index (χ0v) is 12.4. The maximum atomic E-state index is 13.1. The Morgan fingerprint density at radius 1 is 1.44 bits per heavy atom. The Bertz CT molecular complexity index is 595. The summed E-state index contributed by atoms with van der Waals surface area (Å²) < 4.78 is 14.0. The van der Waals surface area contributed by atoms with E-state index < -0.39 is 5.82 Å². The lowest BCUT2D eigenvalue weighted by atomic mass is 10.3. The van der Waals surface area contributed by atoms with Crippen LogP contribution in [0.5, 0.6) is 0 Å². The largest absolute Gasteiger partial charge is 0.320 e. The van der Waals surface area contributed by atoms with Crippen LogP contribution >= 0.6 is 38.9 Å². The maximum absolute atomic E-state index is 13.1. The van der Waals surface area contributed by atoms with Gasteiger partial charge in [0.15, 0.2) is 0 Å². The van der Waals surface area contributed by atoms with E-state index in [9.17, 15) is 9.18 Å². The fourth-order valence-corrected chi connectivity index (χ4v) is 2.94. The van der Waals surface area contributed by atoms with Crippen LogP contribution in [0.15, 0.2) is 28.1 Å². The van der Waals surface area contributed by atoms with E-state index in [-0.39, 0.29) is 11.6 Å². The van der Waals surface area contributed by atoms with Gasteiger partial charge in [-0.25, -0.2) is 4.39 Å². The third kappa shape index (κ3) is 2.91. The molecular formula is C12H8BrClFNOS. The predicted molar refractivity (Wildman–Crippen MR) is 76.1 cm³/mol. The number of aryl methyl sites for hydroxylation is 1. The van der Waals surface area contributed by atoms with Crippen molar-refractivity contribution in [2.75, 3.05) is 5.32 Å². The highest BCUT2D eigenvalue weighted by atomic mass is 79.9. The van der Waals surface area contributed by atoms with E-state index >= 15 is 0 Å². The standard InChI is InChI=1S/C12H8BrClFNOS/c1-6-4-10(18-11(6)13)12(17)16-9-5-7(15)2-3-8(9)14/h2-5H,1H3,(H,16,17). The van der Waals surface area contributed by atoms with Crippen LogP contribution in [0.3, 0.4) is 0 Å². The highest BCUT2D eigenvalue weighted by molar-refractivity contribution is 9.11. The van der Waals surface area contributed by atoms with Gasteiger partial charge in [-0.05, 0) is 52.7 Å². The molecule has 0 saturated heterocycles. The van der Waals surface area contributed by atoms with Gasteiger partial charge in [0.05, 0.1) is 19.4 Å². The highest BCUT2D eigenvalue weighted by Crippen LogP contribution is 2.29. The van der Waals surface area contributed by atoms with Crippen LogP contribution in [-0.4, -0.2) is 5.91 Å². The summed E-state index contributed by atoms with van der Waals surface area (Å²) in [4.78, 5) is 12.5. The smallest absolute Gasteiger partial charge is 0.265 e. The number of halogens is 3. The van der Waals surface area contributed by atoms with E-state index in [1.54, 1.807) is 6.07 Å². The topological polar surface area (TPSA) is 29.1 Å². The number of thiophene rings is 1. The first-order valence-corrected chi connectivity index (χ1v) is 6.98. The second-order valence-electron chi connectivity index (χ2n) is 3.65. The zero-order valence-electron chi connectivity index (χ0n) is 9.26. The number of benzene rings is 1. The first-order valence-electron chi connectivity index (χ1n) is 4.99. The molecule has 18 heavy (non-hydrogen) atoms. The lowest BCUT2D eigenvalue weighted by Gasteiger charge is -2.05. The molecule has 0 spiro atoms.